The van der Waals surface area contributed by atoms with Gasteiger partial charge in [-0.15, -0.1) is 0 Å². The lowest BCUT2D eigenvalue weighted by atomic mass is 9.76. The number of nitrogens with one attached hydrogen (secondary N) is 1. The van der Waals surface area contributed by atoms with Gasteiger partial charge in [0.05, 0.1) is 5.54 Å². The zero-order valence-electron chi connectivity index (χ0n) is 10.9. The van der Waals surface area contributed by atoms with Crippen LogP contribution in [0.2, 0.25) is 0 Å². The molecule has 1 heterocycles. The first-order valence-corrected chi connectivity index (χ1v) is 6.91. The van der Waals surface area contributed by atoms with Crippen LogP contribution in [0.15, 0.2) is 0 Å². The van der Waals surface area contributed by atoms with Crippen molar-refractivity contribution in [3.05, 3.63) is 0 Å². The molecule has 2 unspecified atom stereocenters. The van der Waals surface area contributed by atoms with Crippen LogP contribution in [0, 0.1) is 5.92 Å². The molecule has 2 aliphatic rings. The van der Waals surface area contributed by atoms with E-state index in [1.807, 2.05) is 4.90 Å². The summed E-state index contributed by atoms with van der Waals surface area (Å²) in [6.07, 6.45) is 5.07. The van der Waals surface area contributed by atoms with Crippen molar-refractivity contribution in [2.24, 2.45) is 11.7 Å². The molecule has 0 bridgehead atoms. The molecule has 2 fully saturated rings. The minimum absolute atomic E-state index is 0.188. The van der Waals surface area contributed by atoms with Gasteiger partial charge in [-0.1, -0.05) is 19.8 Å². The summed E-state index contributed by atoms with van der Waals surface area (Å²) >= 11 is 0. The Hall–Kier alpha value is -0.610. The molecule has 4 nitrogen and oxygen atoms in total. The third-order valence-electron chi connectivity index (χ3n) is 4.09. The highest BCUT2D eigenvalue weighted by atomic mass is 16.2. The lowest BCUT2D eigenvalue weighted by Crippen LogP contribution is -2.57. The third-order valence-corrected chi connectivity index (χ3v) is 4.09. The fourth-order valence-corrected chi connectivity index (χ4v) is 3.15. The molecule has 0 spiro atoms. The van der Waals surface area contributed by atoms with E-state index in [4.69, 9.17) is 5.73 Å². The molecular formula is C13H25N3O. The molecule has 0 aromatic carbocycles. The molecule has 3 N–H and O–H groups in total. The number of carbonyl (C=O) groups is 1. The summed E-state index contributed by atoms with van der Waals surface area (Å²) in [7, 11) is 0. The maximum absolute atomic E-state index is 12.5. The summed E-state index contributed by atoms with van der Waals surface area (Å²) in [6, 6.07) is 0. The molecule has 17 heavy (non-hydrogen) atoms. The molecule has 1 aliphatic carbocycles. The number of carbonyl (C=O) groups excluding carboxylic acids is 1. The van der Waals surface area contributed by atoms with Crippen LogP contribution in [0.25, 0.3) is 0 Å². The zero-order valence-corrected chi connectivity index (χ0v) is 10.9. The van der Waals surface area contributed by atoms with Gasteiger partial charge in [0.25, 0.3) is 0 Å². The number of amides is 1. The molecule has 2 rings (SSSR count). The van der Waals surface area contributed by atoms with Crippen LogP contribution >= 0.6 is 0 Å². The summed E-state index contributed by atoms with van der Waals surface area (Å²) in [5.74, 6) is 0.774. The molecule has 1 saturated carbocycles. The zero-order chi connectivity index (χ0) is 12.3. The van der Waals surface area contributed by atoms with Gasteiger partial charge in [-0.2, -0.15) is 0 Å². The maximum atomic E-state index is 12.5. The van der Waals surface area contributed by atoms with Crippen molar-refractivity contribution in [1.29, 1.82) is 0 Å². The van der Waals surface area contributed by atoms with Crippen molar-refractivity contribution in [2.75, 3.05) is 26.2 Å². The Balaban J connectivity index is 2.01. The average molecular weight is 239 g/mol. The van der Waals surface area contributed by atoms with E-state index in [0.717, 1.165) is 51.9 Å². The first-order chi connectivity index (χ1) is 8.12. The predicted octanol–water partition coefficient (Wildman–Crippen LogP) is 0.716. The Labute approximate surface area is 104 Å². The van der Waals surface area contributed by atoms with Crippen LogP contribution in [-0.4, -0.2) is 42.5 Å². The van der Waals surface area contributed by atoms with Gasteiger partial charge in [-0.25, -0.2) is 0 Å². The normalized spacial score (nSPS) is 35.4. The molecule has 0 aromatic rings. The van der Waals surface area contributed by atoms with Gasteiger partial charge in [-0.05, 0) is 31.7 Å². The van der Waals surface area contributed by atoms with E-state index < -0.39 is 5.54 Å². The molecule has 1 amide bonds. The van der Waals surface area contributed by atoms with Crippen molar-refractivity contribution < 1.29 is 4.79 Å². The number of nitrogens with two attached hydrogens (primary N) is 1. The molecular weight excluding hydrogens is 214 g/mol. The quantitative estimate of drug-likeness (QED) is 0.709. The first-order valence-electron chi connectivity index (χ1n) is 6.91. The number of rotatable bonds is 1. The second-order valence-corrected chi connectivity index (χ2v) is 5.75. The minimum atomic E-state index is -0.581. The van der Waals surface area contributed by atoms with Gasteiger partial charge in [0, 0.05) is 19.6 Å². The number of hydrogen-bond donors (Lipinski definition) is 2. The maximum Gasteiger partial charge on any atom is 0.242 e. The van der Waals surface area contributed by atoms with E-state index in [2.05, 4.69) is 12.2 Å². The van der Waals surface area contributed by atoms with Crippen LogP contribution in [0.4, 0.5) is 0 Å². The highest BCUT2D eigenvalue weighted by molar-refractivity contribution is 5.86. The van der Waals surface area contributed by atoms with Gasteiger partial charge in [0.2, 0.25) is 5.91 Å². The van der Waals surface area contributed by atoms with Crippen molar-refractivity contribution in [2.45, 2.75) is 44.6 Å². The van der Waals surface area contributed by atoms with Crippen molar-refractivity contribution in [3.63, 3.8) is 0 Å². The van der Waals surface area contributed by atoms with Crippen molar-refractivity contribution in [1.82, 2.24) is 10.2 Å². The fraction of sp³-hybridized carbons (Fsp3) is 0.923. The Morgan fingerprint density at radius 2 is 2.18 bits per heavy atom. The Morgan fingerprint density at radius 3 is 2.94 bits per heavy atom. The third kappa shape index (κ3) is 2.99. The monoisotopic (exact) mass is 239 g/mol. The SMILES string of the molecule is CC1CCCC(N)(C(=O)N2CCCNCC2)C1. The smallest absolute Gasteiger partial charge is 0.242 e. The van der Waals surface area contributed by atoms with Gasteiger partial charge < -0.3 is 16.0 Å². The lowest BCUT2D eigenvalue weighted by molar-refractivity contribution is -0.138. The van der Waals surface area contributed by atoms with Gasteiger partial charge in [0.15, 0.2) is 0 Å². The highest BCUT2D eigenvalue weighted by Gasteiger charge is 2.40. The second kappa shape index (κ2) is 5.36. The van der Waals surface area contributed by atoms with Crippen LogP contribution in [0.1, 0.15) is 39.0 Å². The highest BCUT2D eigenvalue weighted by Crippen LogP contribution is 2.31. The van der Waals surface area contributed by atoms with E-state index in [1.165, 1.54) is 6.42 Å². The Morgan fingerprint density at radius 1 is 1.35 bits per heavy atom. The van der Waals surface area contributed by atoms with E-state index in [-0.39, 0.29) is 5.91 Å². The van der Waals surface area contributed by atoms with E-state index in [1.54, 1.807) is 0 Å². The number of hydrogen-bond acceptors (Lipinski definition) is 3. The van der Waals surface area contributed by atoms with Crippen LogP contribution in [0.3, 0.4) is 0 Å². The van der Waals surface area contributed by atoms with Crippen molar-refractivity contribution >= 4 is 5.91 Å². The van der Waals surface area contributed by atoms with E-state index in [0.29, 0.717) is 5.92 Å². The van der Waals surface area contributed by atoms with Crippen LogP contribution < -0.4 is 11.1 Å². The molecule has 2 atom stereocenters. The predicted molar refractivity (Wildman–Crippen MR) is 68.6 cm³/mol. The molecule has 1 saturated heterocycles. The summed E-state index contributed by atoms with van der Waals surface area (Å²) in [4.78, 5) is 14.5. The molecule has 98 valence electrons. The fourth-order valence-electron chi connectivity index (χ4n) is 3.15. The molecule has 1 aliphatic heterocycles. The Kier molecular flexibility index (Phi) is 4.05. The van der Waals surface area contributed by atoms with Crippen LogP contribution in [0.5, 0.6) is 0 Å². The average Bonchev–Trinajstić information content (AvgIpc) is 2.56. The largest absolute Gasteiger partial charge is 0.340 e. The van der Waals surface area contributed by atoms with Gasteiger partial charge >= 0.3 is 0 Å². The van der Waals surface area contributed by atoms with E-state index >= 15 is 0 Å². The summed E-state index contributed by atoms with van der Waals surface area (Å²) in [5.41, 5.74) is 5.78. The standard InChI is InChI=1S/C13H25N3O/c1-11-4-2-5-13(14,10-11)12(17)16-8-3-6-15-7-9-16/h11,15H,2-10,14H2,1H3. The topological polar surface area (TPSA) is 58.4 Å². The van der Waals surface area contributed by atoms with E-state index in [9.17, 15) is 4.79 Å². The van der Waals surface area contributed by atoms with Gasteiger partial charge in [-0.3, -0.25) is 4.79 Å². The summed E-state index contributed by atoms with van der Waals surface area (Å²) in [5, 5.41) is 3.32. The minimum Gasteiger partial charge on any atom is -0.340 e. The lowest BCUT2D eigenvalue weighted by Gasteiger charge is -2.38. The van der Waals surface area contributed by atoms with Crippen LogP contribution in [-0.2, 0) is 4.79 Å². The molecule has 0 radical (unpaired) electrons. The van der Waals surface area contributed by atoms with Gasteiger partial charge in [0.1, 0.15) is 0 Å². The first kappa shape index (κ1) is 12.8. The summed E-state index contributed by atoms with van der Waals surface area (Å²) < 4.78 is 0. The summed E-state index contributed by atoms with van der Waals surface area (Å²) in [6.45, 7) is 5.79. The molecule has 4 heteroatoms. The second-order valence-electron chi connectivity index (χ2n) is 5.75. The Bertz CT molecular complexity index is 274. The number of nitrogens with zero attached hydrogens (tertiary/aromatic N) is 1. The molecule has 0 aromatic heterocycles. The van der Waals surface area contributed by atoms with Crippen molar-refractivity contribution in [3.8, 4) is 0 Å².